The quantitative estimate of drug-likeness (QED) is 0.701. The molecule has 1 atom stereocenters. The molecule has 0 aromatic rings. The Bertz CT molecular complexity index is 188. The minimum absolute atomic E-state index is 0.0522. The van der Waals surface area contributed by atoms with E-state index in [1.54, 1.807) is 0 Å². The van der Waals surface area contributed by atoms with Crippen LogP contribution in [0.2, 0.25) is 0 Å². The molecule has 1 rings (SSSR count). The molecule has 1 unspecified atom stereocenters. The van der Waals surface area contributed by atoms with E-state index in [1.807, 2.05) is 0 Å². The lowest BCUT2D eigenvalue weighted by Gasteiger charge is -2.27. The molecule has 2 N–H and O–H groups in total. The second-order valence-electron chi connectivity index (χ2n) is 4.65. The molecule has 1 aliphatic rings. The molecule has 0 heterocycles. The van der Waals surface area contributed by atoms with Gasteiger partial charge in [-0.05, 0) is 25.2 Å². The van der Waals surface area contributed by atoms with Gasteiger partial charge in [0.25, 0.3) is 0 Å². The second-order valence-corrected chi connectivity index (χ2v) is 4.65. The summed E-state index contributed by atoms with van der Waals surface area (Å²) in [4.78, 5) is 11.6. The van der Waals surface area contributed by atoms with Crippen molar-refractivity contribution in [3.05, 3.63) is 0 Å². The van der Waals surface area contributed by atoms with E-state index in [4.69, 9.17) is 5.11 Å². The van der Waals surface area contributed by atoms with Crippen LogP contribution in [-0.2, 0) is 4.79 Å². The van der Waals surface area contributed by atoms with E-state index >= 15 is 0 Å². The normalized spacial score (nSPS) is 19.1. The molecule has 1 amide bonds. The lowest BCUT2D eigenvalue weighted by molar-refractivity contribution is -0.128. The first kappa shape index (κ1) is 11.5. The zero-order valence-corrected chi connectivity index (χ0v) is 9.12. The van der Waals surface area contributed by atoms with E-state index in [0.717, 1.165) is 19.3 Å². The Morgan fingerprint density at radius 2 is 2.14 bits per heavy atom. The summed E-state index contributed by atoms with van der Waals surface area (Å²) < 4.78 is 0. The van der Waals surface area contributed by atoms with Gasteiger partial charge in [0.1, 0.15) is 0 Å². The highest BCUT2D eigenvalue weighted by Crippen LogP contribution is 2.26. The Morgan fingerprint density at radius 1 is 1.50 bits per heavy atom. The van der Waals surface area contributed by atoms with Crippen LogP contribution in [0.5, 0.6) is 0 Å². The van der Waals surface area contributed by atoms with E-state index in [1.165, 1.54) is 6.42 Å². The van der Waals surface area contributed by atoms with Gasteiger partial charge in [0.05, 0.1) is 12.6 Å². The Hall–Kier alpha value is -0.570. The van der Waals surface area contributed by atoms with E-state index < -0.39 is 0 Å². The van der Waals surface area contributed by atoms with E-state index in [-0.39, 0.29) is 24.5 Å². The van der Waals surface area contributed by atoms with Crippen molar-refractivity contribution in [2.75, 3.05) is 6.61 Å². The lowest BCUT2D eigenvalue weighted by Crippen LogP contribution is -2.43. The summed E-state index contributed by atoms with van der Waals surface area (Å²) in [5.74, 6) is 0.862. The van der Waals surface area contributed by atoms with Crippen molar-refractivity contribution < 1.29 is 9.90 Å². The van der Waals surface area contributed by atoms with Crippen molar-refractivity contribution in [3.8, 4) is 0 Å². The van der Waals surface area contributed by atoms with Gasteiger partial charge in [0.2, 0.25) is 5.91 Å². The number of aliphatic hydroxyl groups excluding tert-OH is 1. The number of carbonyl (C=O) groups is 1. The highest BCUT2D eigenvalue weighted by Gasteiger charge is 2.26. The third-order valence-corrected chi connectivity index (χ3v) is 2.80. The predicted octanol–water partition coefficient (Wildman–Crippen LogP) is 1.31. The van der Waals surface area contributed by atoms with E-state index in [2.05, 4.69) is 19.2 Å². The smallest absolute Gasteiger partial charge is 0.223 e. The van der Waals surface area contributed by atoms with Crippen molar-refractivity contribution in [2.45, 2.75) is 45.6 Å². The molecule has 0 aliphatic heterocycles. The average Bonchev–Trinajstić information content (AvgIpc) is 1.98. The molecule has 0 spiro atoms. The molecule has 1 saturated carbocycles. The van der Waals surface area contributed by atoms with Gasteiger partial charge in [-0.3, -0.25) is 4.79 Å². The zero-order chi connectivity index (χ0) is 10.6. The average molecular weight is 199 g/mol. The van der Waals surface area contributed by atoms with Crippen molar-refractivity contribution in [1.82, 2.24) is 5.32 Å². The van der Waals surface area contributed by atoms with Crippen LogP contribution in [0.3, 0.4) is 0 Å². The third-order valence-electron chi connectivity index (χ3n) is 2.80. The van der Waals surface area contributed by atoms with Gasteiger partial charge in [-0.15, -0.1) is 0 Å². The van der Waals surface area contributed by atoms with E-state index in [9.17, 15) is 4.79 Å². The van der Waals surface area contributed by atoms with Gasteiger partial charge in [-0.1, -0.05) is 20.3 Å². The molecule has 0 radical (unpaired) electrons. The summed E-state index contributed by atoms with van der Waals surface area (Å²) in [6.45, 7) is 4.24. The summed E-state index contributed by atoms with van der Waals surface area (Å²) in [5, 5.41) is 12.0. The van der Waals surface area contributed by atoms with Gasteiger partial charge < -0.3 is 10.4 Å². The molecule has 0 bridgehead atoms. The molecular formula is C11H21NO2. The van der Waals surface area contributed by atoms with Gasteiger partial charge in [0.15, 0.2) is 0 Å². The van der Waals surface area contributed by atoms with Crippen LogP contribution < -0.4 is 5.32 Å². The van der Waals surface area contributed by atoms with Crippen molar-refractivity contribution in [2.24, 2.45) is 11.8 Å². The van der Waals surface area contributed by atoms with Gasteiger partial charge in [-0.25, -0.2) is 0 Å². The number of hydrogen-bond donors (Lipinski definition) is 2. The highest BCUT2D eigenvalue weighted by atomic mass is 16.3. The van der Waals surface area contributed by atoms with Crippen LogP contribution in [0.25, 0.3) is 0 Å². The van der Waals surface area contributed by atoms with E-state index in [0.29, 0.717) is 5.92 Å². The molecular weight excluding hydrogens is 178 g/mol. The summed E-state index contributed by atoms with van der Waals surface area (Å²) in [6, 6.07) is -0.0527. The van der Waals surface area contributed by atoms with Crippen LogP contribution in [0.1, 0.15) is 39.5 Å². The minimum atomic E-state index is -0.0527. The van der Waals surface area contributed by atoms with Crippen LogP contribution in [0.4, 0.5) is 0 Å². The zero-order valence-electron chi connectivity index (χ0n) is 9.12. The highest BCUT2D eigenvalue weighted by molar-refractivity contribution is 5.79. The number of hydrogen-bond acceptors (Lipinski definition) is 2. The summed E-state index contributed by atoms with van der Waals surface area (Å²) in [7, 11) is 0. The molecule has 0 aromatic heterocycles. The molecule has 82 valence electrons. The number of rotatable bonds is 5. The van der Waals surface area contributed by atoms with Crippen LogP contribution in [0, 0.1) is 11.8 Å². The van der Waals surface area contributed by atoms with Gasteiger partial charge in [-0.2, -0.15) is 0 Å². The Labute approximate surface area is 85.9 Å². The third kappa shape index (κ3) is 3.29. The van der Waals surface area contributed by atoms with Crippen molar-refractivity contribution in [3.63, 3.8) is 0 Å². The first-order valence-corrected chi connectivity index (χ1v) is 5.54. The predicted molar refractivity (Wildman–Crippen MR) is 55.8 cm³/mol. The minimum Gasteiger partial charge on any atom is -0.394 e. The Kier molecular flexibility index (Phi) is 4.39. The summed E-state index contributed by atoms with van der Waals surface area (Å²) >= 11 is 0. The number of nitrogens with one attached hydrogen (secondary N) is 1. The maximum atomic E-state index is 11.6. The number of aliphatic hydroxyl groups is 1. The largest absolute Gasteiger partial charge is 0.394 e. The van der Waals surface area contributed by atoms with Crippen LogP contribution in [-0.4, -0.2) is 23.7 Å². The van der Waals surface area contributed by atoms with Gasteiger partial charge >= 0.3 is 0 Å². The van der Waals surface area contributed by atoms with Crippen molar-refractivity contribution >= 4 is 5.91 Å². The molecule has 14 heavy (non-hydrogen) atoms. The maximum absolute atomic E-state index is 11.6. The topological polar surface area (TPSA) is 49.3 Å². The molecule has 1 aliphatic carbocycles. The second kappa shape index (κ2) is 5.35. The maximum Gasteiger partial charge on any atom is 0.223 e. The van der Waals surface area contributed by atoms with Crippen LogP contribution in [0.15, 0.2) is 0 Å². The molecule has 3 nitrogen and oxygen atoms in total. The molecule has 1 fully saturated rings. The fraction of sp³-hybridized carbons (Fsp3) is 0.909. The fourth-order valence-electron chi connectivity index (χ4n) is 1.74. The lowest BCUT2D eigenvalue weighted by atomic mass is 9.84. The molecule has 0 aromatic carbocycles. The Balaban J connectivity index is 2.27. The first-order chi connectivity index (χ1) is 6.63. The first-order valence-electron chi connectivity index (χ1n) is 5.54. The SMILES string of the molecule is CC(C)CC(CO)NC(=O)C1CCC1. The number of carbonyl (C=O) groups excluding carboxylic acids is 1. The standard InChI is InChI=1S/C11H21NO2/c1-8(2)6-10(7-13)12-11(14)9-4-3-5-9/h8-10,13H,3-7H2,1-2H3,(H,12,14). The fourth-order valence-corrected chi connectivity index (χ4v) is 1.74. The Morgan fingerprint density at radius 3 is 2.50 bits per heavy atom. The van der Waals surface area contributed by atoms with Gasteiger partial charge in [0, 0.05) is 5.92 Å². The monoisotopic (exact) mass is 199 g/mol. The summed E-state index contributed by atoms with van der Waals surface area (Å²) in [6.07, 6.45) is 4.07. The van der Waals surface area contributed by atoms with Crippen molar-refractivity contribution in [1.29, 1.82) is 0 Å². The van der Waals surface area contributed by atoms with Crippen LogP contribution >= 0.6 is 0 Å². The number of amides is 1. The molecule has 0 saturated heterocycles. The summed E-state index contributed by atoms with van der Waals surface area (Å²) in [5.41, 5.74) is 0. The molecule has 3 heteroatoms.